The molecule has 3 rings (SSSR count). The fourth-order valence-electron chi connectivity index (χ4n) is 3.24. The van der Waals surface area contributed by atoms with Crippen molar-refractivity contribution in [3.05, 3.63) is 62.5 Å². The summed E-state index contributed by atoms with van der Waals surface area (Å²) in [7, 11) is 0. The maximum absolute atomic E-state index is 2.48. The molecule has 0 fully saturated rings. The molecule has 0 aromatic heterocycles. The Kier molecular flexibility index (Phi) is 7.05. The third-order valence-electron chi connectivity index (χ3n) is 4.14. The maximum Gasteiger partial charge on any atom is -0.147 e. The Labute approximate surface area is 148 Å². The Morgan fingerprint density at radius 1 is 1.10 bits per heavy atom. The molecule has 1 aromatic carbocycles. The summed E-state index contributed by atoms with van der Waals surface area (Å²) >= 11 is -1.73. The monoisotopic (exact) mass is 398 g/mol. The van der Waals surface area contributed by atoms with Gasteiger partial charge in [0.15, 0.2) is 0 Å². The van der Waals surface area contributed by atoms with Crippen molar-refractivity contribution >= 4 is 34.1 Å². The normalized spacial score (nSPS) is 18.1. The number of fused-ring (bicyclic) bond motifs is 1. The minimum absolute atomic E-state index is 0. The van der Waals surface area contributed by atoms with Crippen LogP contribution in [0.3, 0.4) is 0 Å². The first kappa shape index (κ1) is 18.8. The molecule has 1 unspecified atom stereocenters. The molecule has 0 N–H and O–H groups in total. The first-order valence-electron chi connectivity index (χ1n) is 6.99. The standard InChI is InChI=1S/C9H7.C6H7.C3H6.2ClH.Zr/c1-2-5-9-7-3-6-8(9)4-1;1-6-4-2-3-5-6;1-3-2;;;/h1-7H;2,4H,3H2,1H3;1-2H3;2*1H;. The van der Waals surface area contributed by atoms with Gasteiger partial charge in [-0.3, -0.25) is 0 Å². The van der Waals surface area contributed by atoms with E-state index in [0.29, 0.717) is 3.63 Å². The predicted molar refractivity (Wildman–Crippen MR) is 95.5 cm³/mol. The van der Waals surface area contributed by atoms with Crippen LogP contribution in [0.25, 0.3) is 6.08 Å². The van der Waals surface area contributed by atoms with Gasteiger partial charge in [-0.25, -0.2) is 0 Å². The third kappa shape index (κ3) is 3.58. The SMILES string of the molecule is CC1=[C]([Zr](=[C](C)C)[CH]2C=Cc3ccccc32)CC=C1.Cl.Cl. The Morgan fingerprint density at radius 2 is 1.81 bits per heavy atom. The van der Waals surface area contributed by atoms with E-state index in [1.54, 1.807) is 17.6 Å². The van der Waals surface area contributed by atoms with Gasteiger partial charge in [0.1, 0.15) is 0 Å². The van der Waals surface area contributed by atoms with Crippen LogP contribution in [0.15, 0.2) is 51.3 Å². The van der Waals surface area contributed by atoms with Gasteiger partial charge in [0.05, 0.1) is 0 Å². The minimum atomic E-state index is -1.73. The molecule has 0 nitrogen and oxygen atoms in total. The third-order valence-corrected chi connectivity index (χ3v) is 12.6. The summed E-state index contributed by atoms with van der Waals surface area (Å²) in [5.74, 6) is 0. The van der Waals surface area contributed by atoms with Gasteiger partial charge in [-0.15, -0.1) is 24.8 Å². The Balaban J connectivity index is 0.00000110. The zero-order chi connectivity index (χ0) is 13.4. The van der Waals surface area contributed by atoms with Gasteiger partial charge in [0.25, 0.3) is 0 Å². The average molecular weight is 401 g/mol. The second kappa shape index (κ2) is 7.86. The number of hydrogen-bond donors (Lipinski definition) is 0. The molecule has 2 aliphatic rings. The van der Waals surface area contributed by atoms with Crippen molar-refractivity contribution in [1.82, 2.24) is 0 Å². The van der Waals surface area contributed by atoms with E-state index in [1.807, 2.05) is 0 Å². The fraction of sp³-hybridized carbons (Fsp3) is 0.278. The Morgan fingerprint density at radius 3 is 2.43 bits per heavy atom. The van der Waals surface area contributed by atoms with Crippen molar-refractivity contribution in [3.63, 3.8) is 0 Å². The van der Waals surface area contributed by atoms with Crippen LogP contribution < -0.4 is 0 Å². The summed E-state index contributed by atoms with van der Waals surface area (Å²) in [6, 6.07) is 8.94. The number of hydrogen-bond acceptors (Lipinski definition) is 0. The first-order chi connectivity index (χ1) is 9.18. The summed E-state index contributed by atoms with van der Waals surface area (Å²) in [6.07, 6.45) is 10.7. The van der Waals surface area contributed by atoms with E-state index in [1.165, 1.54) is 12.0 Å². The van der Waals surface area contributed by atoms with E-state index in [9.17, 15) is 0 Å². The number of rotatable bonds is 2. The quantitative estimate of drug-likeness (QED) is 0.601. The van der Waals surface area contributed by atoms with Gasteiger partial charge in [0.2, 0.25) is 0 Å². The molecule has 0 spiro atoms. The van der Waals surface area contributed by atoms with Crippen molar-refractivity contribution in [3.8, 4) is 0 Å². The number of benzene rings is 1. The van der Waals surface area contributed by atoms with Crippen LogP contribution >= 0.6 is 24.8 Å². The summed E-state index contributed by atoms with van der Waals surface area (Å²) in [5.41, 5.74) is 4.56. The first-order valence-corrected chi connectivity index (χ1v) is 10.9. The molecule has 0 amide bonds. The van der Waals surface area contributed by atoms with Crippen LogP contribution in [-0.2, 0) is 21.3 Å². The minimum Gasteiger partial charge on any atom is -0.147 e. The zero-order valence-electron chi connectivity index (χ0n) is 12.7. The molecule has 1 aromatic rings. The molecule has 0 saturated heterocycles. The van der Waals surface area contributed by atoms with E-state index in [2.05, 4.69) is 69.3 Å². The Hall–Kier alpha value is -0.227. The fourth-order valence-corrected chi connectivity index (χ4v) is 11.4. The van der Waals surface area contributed by atoms with Crippen molar-refractivity contribution in [2.24, 2.45) is 0 Å². The molecule has 112 valence electrons. The topological polar surface area (TPSA) is 0 Å². The summed E-state index contributed by atoms with van der Waals surface area (Å²) < 4.78 is 4.23. The smallest absolute Gasteiger partial charge is 0.147 e. The summed E-state index contributed by atoms with van der Waals surface area (Å²) in [6.45, 7) is 7.02. The average Bonchev–Trinajstić information content (AvgIpc) is 2.98. The van der Waals surface area contributed by atoms with E-state index in [0.717, 1.165) is 0 Å². The van der Waals surface area contributed by atoms with Gasteiger partial charge in [-0.2, -0.15) is 0 Å². The van der Waals surface area contributed by atoms with E-state index >= 15 is 0 Å². The number of halogens is 2. The molecule has 21 heavy (non-hydrogen) atoms. The van der Waals surface area contributed by atoms with E-state index in [4.69, 9.17) is 0 Å². The van der Waals surface area contributed by atoms with E-state index in [-0.39, 0.29) is 24.8 Å². The molecule has 0 bridgehead atoms. The van der Waals surface area contributed by atoms with Crippen molar-refractivity contribution in [2.75, 3.05) is 0 Å². The molecular formula is C18H22Cl2Zr. The summed E-state index contributed by atoms with van der Waals surface area (Å²) in [4.78, 5) is 0. The van der Waals surface area contributed by atoms with Crippen LogP contribution in [0.5, 0.6) is 0 Å². The molecule has 3 heteroatoms. The summed E-state index contributed by atoms with van der Waals surface area (Å²) in [5, 5.41) is 0. The largest absolute Gasteiger partial charge is 0.147 e. The predicted octanol–water partition coefficient (Wildman–Crippen LogP) is 5.66. The molecule has 2 aliphatic carbocycles. The molecular weight excluding hydrogens is 378 g/mol. The second-order valence-electron chi connectivity index (χ2n) is 5.65. The van der Waals surface area contributed by atoms with Crippen molar-refractivity contribution in [2.45, 2.75) is 30.8 Å². The van der Waals surface area contributed by atoms with Crippen molar-refractivity contribution < 1.29 is 21.3 Å². The Bertz CT molecular complexity index is 647. The molecule has 1 atom stereocenters. The van der Waals surface area contributed by atoms with Gasteiger partial charge < -0.3 is 0 Å². The maximum atomic E-state index is 2.48. The van der Waals surface area contributed by atoms with Crippen LogP contribution in [0.2, 0.25) is 0 Å². The van der Waals surface area contributed by atoms with Crippen LogP contribution in [0.1, 0.15) is 41.9 Å². The van der Waals surface area contributed by atoms with Gasteiger partial charge in [-0.05, 0) is 0 Å². The van der Waals surface area contributed by atoms with Crippen molar-refractivity contribution in [1.29, 1.82) is 0 Å². The molecule has 0 saturated carbocycles. The molecule has 0 aliphatic heterocycles. The van der Waals surface area contributed by atoms with Gasteiger partial charge in [-0.1, -0.05) is 0 Å². The van der Waals surface area contributed by atoms with Crippen LogP contribution in [-0.4, -0.2) is 3.21 Å². The van der Waals surface area contributed by atoms with Crippen LogP contribution in [0, 0.1) is 0 Å². The molecule has 0 radical (unpaired) electrons. The van der Waals surface area contributed by atoms with Crippen LogP contribution in [0.4, 0.5) is 0 Å². The van der Waals surface area contributed by atoms with Gasteiger partial charge in [0, 0.05) is 0 Å². The molecule has 0 heterocycles. The van der Waals surface area contributed by atoms with Gasteiger partial charge >= 0.3 is 124 Å². The second-order valence-corrected chi connectivity index (χ2v) is 13.2. The zero-order valence-corrected chi connectivity index (χ0v) is 16.8. The van der Waals surface area contributed by atoms with E-state index < -0.39 is 21.3 Å². The number of allylic oxidation sites excluding steroid dienone is 5.